The molecule has 0 aromatic heterocycles. The van der Waals surface area contributed by atoms with E-state index in [1.165, 1.54) is 0 Å². The number of hydrogen-bond donors (Lipinski definition) is 0. The highest BCUT2D eigenvalue weighted by Crippen LogP contribution is 3.07. The Morgan fingerprint density at radius 2 is 0.947 bits per heavy atom. The fourth-order valence-electron chi connectivity index (χ4n) is 0.982. The van der Waals surface area contributed by atoms with Crippen LogP contribution < -0.4 is 0 Å². The minimum Gasteiger partial charge on any atom is -0.107 e. The summed E-state index contributed by atoms with van der Waals surface area (Å²) in [5, 5.41) is 0. The molecule has 1 aromatic carbocycles. The van der Waals surface area contributed by atoms with Gasteiger partial charge in [0.2, 0.25) is 0 Å². The predicted molar refractivity (Wildman–Crippen MR) is 71.4 cm³/mol. The molecule has 0 N–H and O–H groups in total. The molecule has 0 saturated heterocycles. The molecule has 0 atom stereocenters. The quantitative estimate of drug-likeness (QED) is 0.291. The average molecular weight is 489 g/mol. The monoisotopic (exact) mass is 488 g/mol. The summed E-state index contributed by atoms with van der Waals surface area (Å²) in [4.78, 5) is -4.83. The smallest absolute Gasteiger partial charge is 0.107 e. The van der Waals surface area contributed by atoms with Crippen molar-refractivity contribution in [2.45, 2.75) is 9.79 Å². The first-order chi connectivity index (χ1) is 7.58. The Hall–Kier alpha value is 0.670. The first-order valence-electron chi connectivity index (χ1n) is 3.87. The van der Waals surface area contributed by atoms with Gasteiger partial charge < -0.3 is 0 Å². The van der Waals surface area contributed by atoms with Gasteiger partial charge in [-0.2, -0.15) is 0 Å². The van der Waals surface area contributed by atoms with Gasteiger partial charge in [0, 0.05) is 24.9 Å². The lowest BCUT2D eigenvalue weighted by molar-refractivity contribution is 0.474. The van der Waals surface area contributed by atoms with Gasteiger partial charge in [-0.1, -0.05) is 0 Å². The van der Waals surface area contributed by atoms with Crippen LogP contribution in [0.2, 0.25) is 0 Å². The second-order valence-corrected chi connectivity index (χ2v) is 13.4. The summed E-state index contributed by atoms with van der Waals surface area (Å²) in [6, 6.07) is -0.719. The van der Waals surface area contributed by atoms with Crippen LogP contribution in [0.5, 0.6) is 0 Å². The minimum absolute atomic E-state index is 0.0268. The highest BCUT2D eigenvalue weighted by atomic mass is 127. The van der Waals surface area contributed by atoms with E-state index in [0.717, 1.165) is 22.6 Å². The van der Waals surface area contributed by atoms with Gasteiger partial charge >= 0.3 is 0 Å². The zero-order chi connectivity index (χ0) is 15.7. The Bertz CT molecular complexity index is 512. The molecule has 0 spiro atoms. The number of benzene rings is 1. The van der Waals surface area contributed by atoms with Crippen LogP contribution in [0.25, 0.3) is 0 Å². The first kappa shape index (κ1) is 17.7. The topological polar surface area (TPSA) is 0 Å². The standard InChI is InChI=1S/C6H3Cl2F8IS2/c7-18(9,10,11,12)5-1-4(17)2-6(3-5)19(8,13,14,15)16/h1-3H. The zero-order valence-electron chi connectivity index (χ0n) is 8.21. The van der Waals surface area contributed by atoms with Gasteiger partial charge in [-0.05, 0) is 40.8 Å². The van der Waals surface area contributed by atoms with Crippen LogP contribution in [0.1, 0.15) is 0 Å². The largest absolute Gasteiger partial charge is 0.253 e. The molecule has 116 valence electrons. The normalized spacial score (nSPS) is 21.0. The third-order valence-electron chi connectivity index (χ3n) is 1.74. The summed E-state index contributed by atoms with van der Waals surface area (Å²) in [6.45, 7) is 0. The van der Waals surface area contributed by atoms with Crippen molar-refractivity contribution in [2.24, 2.45) is 0 Å². The van der Waals surface area contributed by atoms with Gasteiger partial charge in [-0.25, -0.2) is 0 Å². The number of rotatable bonds is 2. The molecule has 0 saturated carbocycles. The number of halogens is 11. The van der Waals surface area contributed by atoms with E-state index in [0.29, 0.717) is 0 Å². The summed E-state index contributed by atoms with van der Waals surface area (Å²) < 4.78 is 102. The van der Waals surface area contributed by atoms with E-state index in [4.69, 9.17) is 0 Å². The molecule has 13 heteroatoms. The van der Waals surface area contributed by atoms with Crippen molar-refractivity contribution in [3.8, 4) is 0 Å². The molecule has 0 fully saturated rings. The Balaban J connectivity index is 3.79. The van der Waals surface area contributed by atoms with Gasteiger partial charge in [0.05, 0.1) is 9.79 Å². The van der Waals surface area contributed by atoms with Gasteiger partial charge in [0.1, 0.15) is 0 Å². The molecule has 0 bridgehead atoms. The SMILES string of the molecule is FS(F)(F)(F)(Cl)c1cc(I)cc(S(F)(F)(F)(F)Cl)c1. The maximum atomic E-state index is 12.9. The van der Waals surface area contributed by atoms with E-state index in [9.17, 15) is 31.1 Å². The molecule has 0 nitrogen and oxygen atoms in total. The summed E-state index contributed by atoms with van der Waals surface area (Å²) in [5.74, 6) is 0. The fourth-order valence-corrected chi connectivity index (χ4v) is 4.08. The van der Waals surface area contributed by atoms with Gasteiger partial charge in [0.15, 0.2) is 0 Å². The molecule has 1 aromatic rings. The molecule has 0 amide bonds. The fraction of sp³-hybridized carbons (Fsp3) is 0. The maximum Gasteiger partial charge on any atom is 0.253 e. The third-order valence-corrected chi connectivity index (χ3v) is 5.68. The highest BCUT2D eigenvalue weighted by Gasteiger charge is 2.67. The summed E-state index contributed by atoms with van der Waals surface area (Å²) in [7, 11) is -11.0. The minimum atomic E-state index is -9.39. The highest BCUT2D eigenvalue weighted by molar-refractivity contribution is 14.1. The first-order valence-corrected chi connectivity index (χ1v) is 10.7. The lowest BCUT2D eigenvalue weighted by Crippen LogP contribution is -2.10. The Kier molecular flexibility index (Phi) is 2.99. The molecule has 0 heterocycles. The van der Waals surface area contributed by atoms with Crippen molar-refractivity contribution in [1.82, 2.24) is 0 Å². The molecular formula is C6H3Cl2F8IS2. The average Bonchev–Trinajstić information content (AvgIpc) is 1.93. The van der Waals surface area contributed by atoms with Crippen LogP contribution in [0.15, 0.2) is 28.0 Å². The molecule has 0 aliphatic rings. The van der Waals surface area contributed by atoms with Gasteiger partial charge in [0.25, 0.3) is 18.1 Å². The van der Waals surface area contributed by atoms with Crippen LogP contribution >= 0.6 is 62.1 Å². The summed E-state index contributed by atoms with van der Waals surface area (Å²) >= 11 is 1.02. The summed E-state index contributed by atoms with van der Waals surface area (Å²) in [5.41, 5.74) is 0. The number of hydrogen-bond acceptors (Lipinski definition) is 0. The molecule has 0 aliphatic carbocycles. The lowest BCUT2D eigenvalue weighted by Gasteiger charge is -2.46. The third kappa shape index (κ3) is 4.86. The van der Waals surface area contributed by atoms with Crippen LogP contribution in [0, 0.1) is 3.57 Å². The van der Waals surface area contributed by atoms with Gasteiger partial charge in [-0.15, -0.1) is 31.1 Å². The molecule has 0 aliphatic heterocycles. The lowest BCUT2D eigenvalue weighted by atomic mass is 10.4. The van der Waals surface area contributed by atoms with Crippen molar-refractivity contribution in [3.05, 3.63) is 21.8 Å². The molecular weight excluding hydrogens is 486 g/mol. The van der Waals surface area contributed by atoms with Crippen LogP contribution in [0.3, 0.4) is 0 Å². The Labute approximate surface area is 124 Å². The van der Waals surface area contributed by atoms with Crippen molar-refractivity contribution < 1.29 is 31.1 Å². The van der Waals surface area contributed by atoms with E-state index in [1.54, 1.807) is 0 Å². The summed E-state index contributed by atoms with van der Waals surface area (Å²) in [6.07, 6.45) is 0. The van der Waals surface area contributed by atoms with Crippen molar-refractivity contribution in [1.29, 1.82) is 0 Å². The van der Waals surface area contributed by atoms with E-state index in [-0.39, 0.29) is 12.1 Å². The van der Waals surface area contributed by atoms with E-state index >= 15 is 0 Å². The van der Waals surface area contributed by atoms with Crippen LogP contribution in [-0.2, 0) is 0 Å². The molecule has 1 rings (SSSR count). The van der Waals surface area contributed by atoms with Crippen molar-refractivity contribution in [2.75, 3.05) is 0 Å². The molecule has 0 unspecified atom stereocenters. The van der Waals surface area contributed by atoms with Gasteiger partial charge in [-0.3, -0.25) is 0 Å². The van der Waals surface area contributed by atoms with Crippen LogP contribution in [-0.4, -0.2) is 0 Å². The zero-order valence-corrected chi connectivity index (χ0v) is 13.5. The predicted octanol–water partition coefficient (Wildman–Crippen LogP) is 8.14. The van der Waals surface area contributed by atoms with Crippen molar-refractivity contribution in [3.63, 3.8) is 0 Å². The van der Waals surface area contributed by atoms with Crippen molar-refractivity contribution >= 4 is 62.1 Å². The maximum absolute atomic E-state index is 12.9. The molecule has 19 heavy (non-hydrogen) atoms. The van der Waals surface area contributed by atoms with E-state index in [2.05, 4.69) is 21.4 Å². The second kappa shape index (κ2) is 3.20. The molecule has 0 radical (unpaired) electrons. The van der Waals surface area contributed by atoms with E-state index in [1.807, 2.05) is 0 Å². The Morgan fingerprint density at radius 3 is 1.16 bits per heavy atom. The Morgan fingerprint density at radius 1 is 0.684 bits per heavy atom. The second-order valence-electron chi connectivity index (χ2n) is 3.56. The van der Waals surface area contributed by atoms with Crippen LogP contribution in [0.4, 0.5) is 31.1 Å². The van der Waals surface area contributed by atoms with E-state index < -0.39 is 37.5 Å².